The fourth-order valence-corrected chi connectivity index (χ4v) is 3.93. The first-order valence-corrected chi connectivity index (χ1v) is 10.2. The van der Waals surface area contributed by atoms with Gasteiger partial charge in [0.25, 0.3) is 0 Å². The molecule has 0 bridgehead atoms. The van der Waals surface area contributed by atoms with E-state index in [1.54, 1.807) is 43.4 Å². The zero-order valence-corrected chi connectivity index (χ0v) is 16.6. The fraction of sp³-hybridized carbons (Fsp3) is 0.167. The van der Waals surface area contributed by atoms with Crippen molar-refractivity contribution in [1.82, 2.24) is 4.98 Å². The third-order valence-electron chi connectivity index (χ3n) is 3.61. The highest BCUT2D eigenvalue weighted by Crippen LogP contribution is 2.32. The number of rotatable bonds is 6. The fourth-order valence-electron chi connectivity index (χ4n) is 2.36. The maximum atomic E-state index is 12.9. The van der Waals surface area contributed by atoms with E-state index in [-0.39, 0.29) is 21.7 Å². The molecule has 0 aliphatic carbocycles. The topological polar surface area (TPSA) is 81.4 Å². The molecule has 1 N–H and O–H groups in total. The number of anilines is 1. The molecule has 3 rings (SSSR count). The predicted molar refractivity (Wildman–Crippen MR) is 102 cm³/mol. The molecule has 0 saturated carbocycles. The molecule has 136 valence electrons. The highest BCUT2D eigenvalue weighted by molar-refractivity contribution is 9.10. The standard InChI is InChI=1S/C18H17BrN2O4S/c1-3-24-14-8-4-12(5-9-14)16-21-18(17(20-2)25-16)26(22,23)15-10-6-13(19)7-11-15/h4-11,20H,3H2,1-2H3. The Labute approximate surface area is 160 Å². The Hall–Kier alpha value is -2.32. The van der Waals surface area contributed by atoms with Crippen molar-refractivity contribution in [1.29, 1.82) is 0 Å². The molecule has 1 aromatic heterocycles. The van der Waals surface area contributed by atoms with Gasteiger partial charge in [0.1, 0.15) is 5.75 Å². The molecule has 0 atom stereocenters. The quantitative estimate of drug-likeness (QED) is 0.617. The highest BCUT2D eigenvalue weighted by Gasteiger charge is 2.28. The van der Waals surface area contributed by atoms with Crippen LogP contribution in [0, 0.1) is 0 Å². The van der Waals surface area contributed by atoms with Gasteiger partial charge in [-0.1, -0.05) is 15.9 Å². The lowest BCUT2D eigenvalue weighted by Gasteiger charge is -2.03. The number of sulfone groups is 1. The second-order valence-corrected chi connectivity index (χ2v) is 8.10. The molecule has 3 aromatic rings. The number of nitrogens with one attached hydrogen (secondary N) is 1. The Morgan fingerprint density at radius 2 is 1.77 bits per heavy atom. The normalized spacial score (nSPS) is 11.3. The molecule has 0 fully saturated rings. The number of hydrogen-bond acceptors (Lipinski definition) is 6. The van der Waals surface area contributed by atoms with Gasteiger partial charge in [0.05, 0.1) is 11.5 Å². The van der Waals surface area contributed by atoms with Gasteiger partial charge in [0.2, 0.25) is 26.6 Å². The smallest absolute Gasteiger partial charge is 0.233 e. The van der Waals surface area contributed by atoms with Gasteiger partial charge in [-0.2, -0.15) is 4.98 Å². The number of halogens is 1. The zero-order valence-electron chi connectivity index (χ0n) is 14.2. The molecular weight excluding hydrogens is 420 g/mol. The molecule has 0 aliphatic rings. The van der Waals surface area contributed by atoms with Crippen LogP contribution in [0.5, 0.6) is 5.75 Å². The molecular formula is C18H17BrN2O4S. The van der Waals surface area contributed by atoms with Gasteiger partial charge in [0, 0.05) is 17.1 Å². The van der Waals surface area contributed by atoms with E-state index in [4.69, 9.17) is 9.15 Å². The van der Waals surface area contributed by atoms with E-state index in [1.807, 2.05) is 6.92 Å². The lowest BCUT2D eigenvalue weighted by molar-refractivity contribution is 0.340. The average molecular weight is 437 g/mol. The van der Waals surface area contributed by atoms with Crippen LogP contribution in [0.1, 0.15) is 6.92 Å². The summed E-state index contributed by atoms with van der Waals surface area (Å²) >= 11 is 3.30. The number of hydrogen-bond donors (Lipinski definition) is 1. The van der Waals surface area contributed by atoms with Crippen molar-refractivity contribution in [3.05, 3.63) is 53.0 Å². The van der Waals surface area contributed by atoms with Crippen LogP contribution in [0.2, 0.25) is 0 Å². The van der Waals surface area contributed by atoms with Gasteiger partial charge in [-0.05, 0) is 55.5 Å². The van der Waals surface area contributed by atoms with Gasteiger partial charge in [-0.3, -0.25) is 0 Å². The van der Waals surface area contributed by atoms with Crippen LogP contribution in [0.4, 0.5) is 5.88 Å². The summed E-state index contributed by atoms with van der Waals surface area (Å²) in [5.74, 6) is 1.03. The first kappa shape index (κ1) is 18.5. The van der Waals surface area contributed by atoms with Gasteiger partial charge in [0.15, 0.2) is 0 Å². The second kappa shape index (κ2) is 7.51. The van der Waals surface area contributed by atoms with Crippen molar-refractivity contribution in [2.45, 2.75) is 16.8 Å². The van der Waals surface area contributed by atoms with Crippen molar-refractivity contribution in [3.63, 3.8) is 0 Å². The van der Waals surface area contributed by atoms with Crippen LogP contribution in [0.3, 0.4) is 0 Å². The van der Waals surface area contributed by atoms with Gasteiger partial charge in [-0.25, -0.2) is 8.42 Å². The Kier molecular flexibility index (Phi) is 5.33. The minimum Gasteiger partial charge on any atom is -0.494 e. The summed E-state index contributed by atoms with van der Waals surface area (Å²) in [6.07, 6.45) is 0. The van der Waals surface area contributed by atoms with Crippen LogP contribution in [-0.2, 0) is 9.84 Å². The van der Waals surface area contributed by atoms with Crippen molar-refractivity contribution >= 4 is 31.7 Å². The number of oxazole rings is 1. The Morgan fingerprint density at radius 3 is 2.35 bits per heavy atom. The van der Waals surface area contributed by atoms with Crippen molar-refractivity contribution < 1.29 is 17.6 Å². The summed E-state index contributed by atoms with van der Waals surface area (Å²) in [6.45, 7) is 2.47. The van der Waals surface area contributed by atoms with Gasteiger partial charge < -0.3 is 14.5 Å². The van der Waals surface area contributed by atoms with Crippen molar-refractivity contribution in [2.24, 2.45) is 0 Å². The van der Waals surface area contributed by atoms with Crippen LogP contribution in [-0.4, -0.2) is 27.1 Å². The molecule has 0 amide bonds. The van der Waals surface area contributed by atoms with Crippen molar-refractivity contribution in [3.8, 4) is 17.2 Å². The highest BCUT2D eigenvalue weighted by atomic mass is 79.9. The molecule has 6 nitrogen and oxygen atoms in total. The lowest BCUT2D eigenvalue weighted by Crippen LogP contribution is -2.05. The Bertz CT molecular complexity index is 997. The maximum Gasteiger partial charge on any atom is 0.233 e. The SMILES string of the molecule is CCOc1ccc(-c2nc(S(=O)(=O)c3ccc(Br)cc3)c(NC)o2)cc1. The summed E-state index contributed by atoms with van der Waals surface area (Å²) in [5.41, 5.74) is 0.655. The minimum absolute atomic E-state index is 0.0943. The molecule has 26 heavy (non-hydrogen) atoms. The maximum absolute atomic E-state index is 12.9. The first-order chi connectivity index (χ1) is 12.5. The van der Waals surface area contributed by atoms with E-state index < -0.39 is 9.84 Å². The summed E-state index contributed by atoms with van der Waals surface area (Å²) in [7, 11) is -2.23. The molecule has 0 spiro atoms. The number of aromatic nitrogens is 1. The van der Waals surface area contributed by atoms with E-state index in [9.17, 15) is 8.42 Å². The molecule has 1 heterocycles. The molecule has 0 radical (unpaired) electrons. The largest absolute Gasteiger partial charge is 0.494 e. The molecule has 8 heteroatoms. The van der Waals surface area contributed by atoms with Crippen LogP contribution in [0.15, 0.2) is 67.3 Å². The van der Waals surface area contributed by atoms with E-state index in [0.29, 0.717) is 12.2 Å². The monoisotopic (exact) mass is 436 g/mol. The molecule has 0 saturated heterocycles. The Morgan fingerprint density at radius 1 is 1.12 bits per heavy atom. The van der Waals surface area contributed by atoms with E-state index in [1.165, 1.54) is 12.1 Å². The first-order valence-electron chi connectivity index (χ1n) is 7.88. The summed E-state index contributed by atoms with van der Waals surface area (Å²) in [6, 6.07) is 13.5. The number of ether oxygens (including phenoxy) is 1. The van der Waals surface area contributed by atoms with E-state index in [2.05, 4.69) is 26.2 Å². The van der Waals surface area contributed by atoms with E-state index in [0.717, 1.165) is 10.2 Å². The summed E-state index contributed by atoms with van der Waals surface area (Å²) in [5, 5.41) is 2.62. The Balaban J connectivity index is 2.02. The molecule has 2 aromatic carbocycles. The minimum atomic E-state index is -3.82. The van der Waals surface area contributed by atoms with Gasteiger partial charge >= 0.3 is 0 Å². The molecule has 0 unspecified atom stereocenters. The zero-order chi connectivity index (χ0) is 18.7. The van der Waals surface area contributed by atoms with Crippen molar-refractivity contribution in [2.75, 3.05) is 19.0 Å². The number of benzene rings is 2. The number of nitrogens with zero attached hydrogens (tertiary/aromatic N) is 1. The lowest BCUT2D eigenvalue weighted by atomic mass is 10.2. The third-order valence-corrected chi connectivity index (χ3v) is 5.82. The summed E-state index contributed by atoms with van der Waals surface area (Å²) < 4.78 is 37.6. The second-order valence-electron chi connectivity index (χ2n) is 5.32. The van der Waals surface area contributed by atoms with Crippen LogP contribution >= 0.6 is 15.9 Å². The van der Waals surface area contributed by atoms with Gasteiger partial charge in [-0.15, -0.1) is 0 Å². The molecule has 0 aliphatic heterocycles. The van der Waals surface area contributed by atoms with Crippen LogP contribution in [0.25, 0.3) is 11.5 Å². The van der Waals surface area contributed by atoms with E-state index >= 15 is 0 Å². The van der Waals surface area contributed by atoms with Crippen LogP contribution < -0.4 is 10.1 Å². The predicted octanol–water partition coefficient (Wildman–Crippen LogP) is 4.38. The average Bonchev–Trinajstić information content (AvgIpc) is 3.08. The third kappa shape index (κ3) is 3.61. The summed E-state index contributed by atoms with van der Waals surface area (Å²) in [4.78, 5) is 4.37.